The fraction of sp³-hybridized carbons (Fsp3) is 0.833. The topological polar surface area (TPSA) is 177 Å². The molecule has 0 spiro atoms. The summed E-state index contributed by atoms with van der Waals surface area (Å²) < 4.78 is 18.6. The highest BCUT2D eigenvalue weighted by atomic mass is 31.2. The molecule has 1 aliphatic rings. The fourth-order valence-corrected chi connectivity index (χ4v) is 1.71. The minimum Gasteiger partial charge on any atom is -0.756 e. The van der Waals surface area contributed by atoms with E-state index in [9.17, 15) is 29.6 Å². The van der Waals surface area contributed by atoms with Crippen LogP contribution >= 0.6 is 7.82 Å². The molecule has 100 valence electrons. The van der Waals surface area contributed by atoms with Crippen molar-refractivity contribution in [1.82, 2.24) is 0 Å². The summed E-state index contributed by atoms with van der Waals surface area (Å²) in [6.07, 6.45) is -10.1. The van der Waals surface area contributed by atoms with Gasteiger partial charge in [-0.1, -0.05) is 0 Å². The first kappa shape index (κ1) is 14.5. The van der Waals surface area contributed by atoms with E-state index in [1.54, 1.807) is 0 Å². The van der Waals surface area contributed by atoms with Gasteiger partial charge >= 0.3 is 5.97 Å². The highest BCUT2D eigenvalue weighted by Gasteiger charge is 2.48. The Balaban J connectivity index is 2.85. The Morgan fingerprint density at radius 3 is 2.18 bits per heavy atom. The number of rotatable bonds is 3. The van der Waals surface area contributed by atoms with Crippen molar-refractivity contribution in [2.24, 2.45) is 0 Å². The second-order valence-corrected chi connectivity index (χ2v) is 4.46. The quantitative estimate of drug-likeness (QED) is 0.322. The van der Waals surface area contributed by atoms with Crippen LogP contribution in [0.25, 0.3) is 0 Å². The van der Waals surface area contributed by atoms with Crippen molar-refractivity contribution in [3.8, 4) is 0 Å². The molecule has 0 aliphatic carbocycles. The molecular formula is C6H10O10P-. The van der Waals surface area contributed by atoms with Gasteiger partial charge < -0.3 is 34.9 Å². The lowest BCUT2D eigenvalue weighted by Crippen LogP contribution is -2.60. The number of hydrogen-bond donors (Lipinski definition) is 5. The van der Waals surface area contributed by atoms with E-state index >= 15 is 0 Å². The van der Waals surface area contributed by atoms with Crippen LogP contribution in [0.3, 0.4) is 0 Å². The molecule has 1 fully saturated rings. The van der Waals surface area contributed by atoms with Crippen LogP contribution < -0.4 is 4.89 Å². The van der Waals surface area contributed by atoms with E-state index in [1.165, 1.54) is 0 Å². The van der Waals surface area contributed by atoms with Crippen LogP contribution in [0.1, 0.15) is 0 Å². The van der Waals surface area contributed by atoms with Gasteiger partial charge in [0.2, 0.25) is 0 Å². The lowest BCUT2D eigenvalue weighted by molar-refractivity contribution is -0.297. The Labute approximate surface area is 94.3 Å². The van der Waals surface area contributed by atoms with Crippen molar-refractivity contribution < 1.29 is 48.8 Å². The molecule has 0 saturated carbocycles. The largest absolute Gasteiger partial charge is 0.756 e. The Morgan fingerprint density at radius 1 is 1.24 bits per heavy atom. The molecule has 11 heteroatoms. The molecule has 3 unspecified atom stereocenters. The molecule has 6 atom stereocenters. The average Bonchev–Trinajstić information content (AvgIpc) is 2.16. The van der Waals surface area contributed by atoms with Crippen LogP contribution in [0.4, 0.5) is 0 Å². The molecular weight excluding hydrogens is 263 g/mol. The Hall–Kier alpha value is -0.580. The van der Waals surface area contributed by atoms with Crippen LogP contribution in [-0.2, 0) is 18.6 Å². The summed E-state index contributed by atoms with van der Waals surface area (Å²) in [6, 6.07) is 0. The van der Waals surface area contributed by atoms with Crippen molar-refractivity contribution in [3.63, 3.8) is 0 Å². The summed E-state index contributed by atoms with van der Waals surface area (Å²) >= 11 is 0. The number of phosphoric acid groups is 1. The van der Waals surface area contributed by atoms with Gasteiger partial charge in [-0.15, -0.1) is 0 Å². The van der Waals surface area contributed by atoms with E-state index in [2.05, 4.69) is 9.26 Å². The molecule has 1 heterocycles. The molecule has 0 aromatic heterocycles. The van der Waals surface area contributed by atoms with Crippen LogP contribution in [-0.4, -0.2) is 62.0 Å². The van der Waals surface area contributed by atoms with Gasteiger partial charge in [0.15, 0.2) is 12.4 Å². The number of carboxylic acids is 1. The molecule has 10 nitrogen and oxygen atoms in total. The highest BCUT2D eigenvalue weighted by molar-refractivity contribution is 7.44. The second kappa shape index (κ2) is 4.96. The number of carbonyl (C=O) groups is 1. The third kappa shape index (κ3) is 3.44. The van der Waals surface area contributed by atoms with Crippen molar-refractivity contribution in [2.45, 2.75) is 30.7 Å². The van der Waals surface area contributed by atoms with Crippen LogP contribution in [0, 0.1) is 0 Å². The minimum atomic E-state index is -5.30. The molecule has 1 saturated heterocycles. The first-order valence-corrected chi connectivity index (χ1v) is 5.77. The number of carboxylic acid groups (broad SMARTS) is 1. The Bertz CT molecular complexity index is 338. The number of aliphatic hydroxyl groups excluding tert-OH is 3. The zero-order valence-electron chi connectivity index (χ0n) is 8.11. The zero-order chi connectivity index (χ0) is 13.4. The minimum absolute atomic E-state index is 1.70. The molecule has 5 N–H and O–H groups in total. The lowest BCUT2D eigenvalue weighted by atomic mass is 9.99. The van der Waals surface area contributed by atoms with Crippen molar-refractivity contribution in [1.29, 1.82) is 0 Å². The lowest BCUT2D eigenvalue weighted by Gasteiger charge is -2.39. The zero-order valence-corrected chi connectivity index (χ0v) is 9.01. The molecule has 0 radical (unpaired) electrons. The van der Waals surface area contributed by atoms with Gasteiger partial charge in [0.25, 0.3) is 7.82 Å². The van der Waals surface area contributed by atoms with Gasteiger partial charge in [-0.25, -0.2) is 4.79 Å². The van der Waals surface area contributed by atoms with Gasteiger partial charge in [0.1, 0.15) is 18.3 Å². The number of phosphoric ester groups is 1. The van der Waals surface area contributed by atoms with Crippen molar-refractivity contribution in [3.05, 3.63) is 0 Å². The number of aliphatic hydroxyl groups is 3. The van der Waals surface area contributed by atoms with Crippen LogP contribution in [0.5, 0.6) is 0 Å². The second-order valence-electron chi connectivity index (χ2n) is 3.31. The van der Waals surface area contributed by atoms with Gasteiger partial charge in [-0.2, -0.15) is 0 Å². The van der Waals surface area contributed by atoms with Crippen LogP contribution in [0.2, 0.25) is 0 Å². The summed E-state index contributed by atoms with van der Waals surface area (Å²) in [5.74, 6) is -1.70. The van der Waals surface area contributed by atoms with Gasteiger partial charge in [0.05, 0.1) is 0 Å². The van der Waals surface area contributed by atoms with Gasteiger partial charge in [0, 0.05) is 0 Å². The standard InChI is InChI=1S/C6H11O10P/c7-1-2(8)4(5(10)11)15-6(3(1)9)16-17(12,13)14/h1-4,6-9H,(H,10,11)(H2,12,13,14)/p-1/t1-,2-,3?,4?,6+/m0/s1. The third-order valence-electron chi connectivity index (χ3n) is 2.05. The predicted molar refractivity (Wildman–Crippen MR) is 45.2 cm³/mol. The molecule has 0 aromatic rings. The number of aliphatic carboxylic acids is 1. The van der Waals surface area contributed by atoms with Gasteiger partial charge in [-0.3, -0.25) is 9.09 Å². The van der Waals surface area contributed by atoms with E-state index < -0.39 is 44.5 Å². The smallest absolute Gasteiger partial charge is 0.335 e. The SMILES string of the molecule is O=C(O)C1O[C@H](OP(=O)([O-])O)C(O)[C@@H](O)[C@@H]1O. The molecule has 0 amide bonds. The summed E-state index contributed by atoms with van der Waals surface area (Å²) in [7, 11) is -5.30. The third-order valence-corrected chi connectivity index (χ3v) is 2.52. The van der Waals surface area contributed by atoms with E-state index in [-0.39, 0.29) is 0 Å². The maximum absolute atomic E-state index is 10.6. The van der Waals surface area contributed by atoms with E-state index in [0.717, 1.165) is 0 Å². The summed E-state index contributed by atoms with van der Waals surface area (Å²) in [4.78, 5) is 29.3. The Kier molecular flexibility index (Phi) is 4.23. The monoisotopic (exact) mass is 273 g/mol. The predicted octanol–water partition coefficient (Wildman–Crippen LogP) is -3.64. The molecule has 1 aliphatic heterocycles. The average molecular weight is 273 g/mol. The summed E-state index contributed by atoms with van der Waals surface area (Å²) in [5.41, 5.74) is 0. The first-order chi connectivity index (χ1) is 7.63. The normalized spacial score (nSPS) is 41.8. The van der Waals surface area contributed by atoms with Crippen LogP contribution in [0.15, 0.2) is 0 Å². The fourth-order valence-electron chi connectivity index (χ4n) is 1.27. The maximum atomic E-state index is 10.6. The highest BCUT2D eigenvalue weighted by Crippen LogP contribution is 2.36. The molecule has 0 bridgehead atoms. The Morgan fingerprint density at radius 2 is 1.76 bits per heavy atom. The maximum Gasteiger partial charge on any atom is 0.335 e. The molecule has 17 heavy (non-hydrogen) atoms. The van der Waals surface area contributed by atoms with E-state index in [4.69, 9.17) is 10.00 Å². The molecule has 1 rings (SSSR count). The first-order valence-electron chi connectivity index (χ1n) is 4.28. The van der Waals surface area contributed by atoms with Crippen molar-refractivity contribution in [2.75, 3.05) is 0 Å². The van der Waals surface area contributed by atoms with E-state index in [1.807, 2.05) is 0 Å². The molecule has 0 aromatic carbocycles. The van der Waals surface area contributed by atoms with Gasteiger partial charge in [-0.05, 0) is 0 Å². The number of ether oxygens (including phenoxy) is 1. The van der Waals surface area contributed by atoms with E-state index in [0.29, 0.717) is 0 Å². The summed E-state index contributed by atoms with van der Waals surface area (Å²) in [5, 5.41) is 36.3. The van der Waals surface area contributed by atoms with Crippen molar-refractivity contribution >= 4 is 13.8 Å². The summed E-state index contributed by atoms with van der Waals surface area (Å²) in [6.45, 7) is 0. The number of hydrogen-bond acceptors (Lipinski definition) is 8.